The van der Waals surface area contributed by atoms with Crippen LogP contribution in [0.5, 0.6) is 0 Å². The Morgan fingerprint density at radius 2 is 1.94 bits per heavy atom. The van der Waals surface area contributed by atoms with Crippen molar-refractivity contribution in [1.82, 2.24) is 5.32 Å². The van der Waals surface area contributed by atoms with E-state index in [-0.39, 0.29) is 5.54 Å². The highest BCUT2D eigenvalue weighted by Gasteiger charge is 2.40. The van der Waals surface area contributed by atoms with Crippen molar-refractivity contribution >= 4 is 0 Å². The van der Waals surface area contributed by atoms with Crippen LogP contribution in [0.3, 0.4) is 0 Å². The van der Waals surface area contributed by atoms with Crippen LogP contribution in [0.1, 0.15) is 52.4 Å². The van der Waals surface area contributed by atoms with E-state index in [1.54, 1.807) is 0 Å². The molecular formula is C14H26N2. The molecule has 2 aliphatic carbocycles. The molecule has 3 N–H and O–H groups in total. The van der Waals surface area contributed by atoms with Gasteiger partial charge in [0.05, 0.1) is 0 Å². The predicted molar refractivity (Wildman–Crippen MR) is 69.3 cm³/mol. The minimum Gasteiger partial charge on any atom is -0.329 e. The minimum absolute atomic E-state index is 0.207. The van der Waals surface area contributed by atoms with E-state index in [0.717, 1.165) is 6.54 Å². The third-order valence-electron chi connectivity index (χ3n) is 4.23. The van der Waals surface area contributed by atoms with E-state index in [0.29, 0.717) is 11.5 Å². The van der Waals surface area contributed by atoms with Crippen molar-refractivity contribution in [2.24, 2.45) is 11.1 Å². The van der Waals surface area contributed by atoms with Gasteiger partial charge in [0.25, 0.3) is 0 Å². The molecule has 0 aliphatic heterocycles. The molecule has 1 atom stereocenters. The molecule has 1 saturated carbocycles. The quantitative estimate of drug-likeness (QED) is 0.720. The van der Waals surface area contributed by atoms with Gasteiger partial charge in [-0.3, -0.25) is 0 Å². The van der Waals surface area contributed by atoms with Crippen molar-refractivity contribution in [3.63, 3.8) is 0 Å². The second-order valence-corrected chi connectivity index (χ2v) is 6.46. The van der Waals surface area contributed by atoms with Crippen LogP contribution in [0.2, 0.25) is 0 Å². The molecule has 2 aliphatic rings. The summed E-state index contributed by atoms with van der Waals surface area (Å²) in [4.78, 5) is 0. The predicted octanol–water partition coefficient (Wildman–Crippen LogP) is 2.59. The summed E-state index contributed by atoms with van der Waals surface area (Å²) in [7, 11) is 0. The zero-order valence-corrected chi connectivity index (χ0v) is 10.8. The van der Waals surface area contributed by atoms with Gasteiger partial charge in [0.2, 0.25) is 0 Å². The molecule has 0 saturated heterocycles. The fraction of sp³-hybridized carbons (Fsp3) is 0.857. The van der Waals surface area contributed by atoms with Gasteiger partial charge in [-0.05, 0) is 37.5 Å². The van der Waals surface area contributed by atoms with Crippen LogP contribution in [0, 0.1) is 5.41 Å². The molecule has 0 aromatic rings. The van der Waals surface area contributed by atoms with Gasteiger partial charge in [-0.1, -0.05) is 32.4 Å². The summed E-state index contributed by atoms with van der Waals surface area (Å²) in [6.07, 6.45) is 12.1. The highest BCUT2D eigenvalue weighted by atomic mass is 15.0. The number of hydrogen-bond acceptors (Lipinski definition) is 2. The molecule has 0 bridgehead atoms. The first-order valence-electron chi connectivity index (χ1n) is 6.68. The Morgan fingerprint density at radius 3 is 2.50 bits per heavy atom. The molecule has 0 heterocycles. The Kier molecular flexibility index (Phi) is 3.41. The standard InChI is InChI=1S/C14H26N2/c1-13(2)8-5-9-14(10-13,11-15)16-12-6-3-4-7-12/h3-4,12,16H,5-11,15H2,1-2H3. The number of nitrogens with two attached hydrogens (primary N) is 1. The average Bonchev–Trinajstić information content (AvgIpc) is 2.69. The highest BCUT2D eigenvalue weighted by Crippen LogP contribution is 2.41. The van der Waals surface area contributed by atoms with Gasteiger partial charge in [0, 0.05) is 18.1 Å². The largest absolute Gasteiger partial charge is 0.329 e. The van der Waals surface area contributed by atoms with E-state index in [2.05, 4.69) is 31.3 Å². The van der Waals surface area contributed by atoms with Crippen LogP contribution in [-0.4, -0.2) is 18.1 Å². The van der Waals surface area contributed by atoms with Crippen molar-refractivity contribution in [3.05, 3.63) is 12.2 Å². The van der Waals surface area contributed by atoms with Gasteiger partial charge in [-0.2, -0.15) is 0 Å². The molecular weight excluding hydrogens is 196 g/mol. The Hall–Kier alpha value is -0.340. The summed E-state index contributed by atoms with van der Waals surface area (Å²) in [6.45, 7) is 5.54. The second-order valence-electron chi connectivity index (χ2n) is 6.46. The Bertz CT molecular complexity index is 262. The van der Waals surface area contributed by atoms with Crippen LogP contribution >= 0.6 is 0 Å². The van der Waals surface area contributed by atoms with E-state index >= 15 is 0 Å². The van der Waals surface area contributed by atoms with Gasteiger partial charge in [0.15, 0.2) is 0 Å². The lowest BCUT2D eigenvalue weighted by Crippen LogP contribution is -2.58. The molecule has 0 radical (unpaired) electrons. The third-order valence-corrected chi connectivity index (χ3v) is 4.23. The van der Waals surface area contributed by atoms with Gasteiger partial charge in [0.1, 0.15) is 0 Å². The van der Waals surface area contributed by atoms with Crippen molar-refractivity contribution in [3.8, 4) is 0 Å². The summed E-state index contributed by atoms with van der Waals surface area (Å²) in [5.74, 6) is 0. The summed E-state index contributed by atoms with van der Waals surface area (Å²) in [6, 6.07) is 0.637. The maximum absolute atomic E-state index is 6.05. The maximum Gasteiger partial charge on any atom is 0.0311 e. The van der Waals surface area contributed by atoms with E-state index in [1.807, 2.05) is 0 Å². The van der Waals surface area contributed by atoms with Crippen molar-refractivity contribution in [1.29, 1.82) is 0 Å². The summed E-state index contributed by atoms with van der Waals surface area (Å²) < 4.78 is 0. The maximum atomic E-state index is 6.05. The van der Waals surface area contributed by atoms with Crippen LogP contribution in [0.4, 0.5) is 0 Å². The molecule has 0 aromatic heterocycles. The number of hydrogen-bond donors (Lipinski definition) is 2. The van der Waals surface area contributed by atoms with Crippen molar-refractivity contribution < 1.29 is 0 Å². The summed E-state index contributed by atoms with van der Waals surface area (Å²) in [5, 5.41) is 3.85. The molecule has 2 rings (SSSR count). The van der Waals surface area contributed by atoms with E-state index in [1.165, 1.54) is 38.5 Å². The second kappa shape index (κ2) is 4.50. The Labute approximate surface area is 99.7 Å². The average molecular weight is 222 g/mol. The summed E-state index contributed by atoms with van der Waals surface area (Å²) >= 11 is 0. The van der Waals surface area contributed by atoms with E-state index in [4.69, 9.17) is 5.73 Å². The topological polar surface area (TPSA) is 38.0 Å². The van der Waals surface area contributed by atoms with E-state index < -0.39 is 0 Å². The number of rotatable bonds is 3. The fourth-order valence-electron chi connectivity index (χ4n) is 3.52. The molecule has 2 heteroatoms. The van der Waals surface area contributed by atoms with E-state index in [9.17, 15) is 0 Å². The third kappa shape index (κ3) is 2.67. The molecule has 0 spiro atoms. The lowest BCUT2D eigenvalue weighted by molar-refractivity contribution is 0.114. The monoisotopic (exact) mass is 222 g/mol. The normalized spacial score (nSPS) is 34.4. The van der Waals surface area contributed by atoms with Gasteiger partial charge in [-0.15, -0.1) is 0 Å². The number of nitrogens with one attached hydrogen (secondary N) is 1. The Balaban J connectivity index is 2.00. The molecule has 0 aromatic carbocycles. The fourth-order valence-corrected chi connectivity index (χ4v) is 3.52. The van der Waals surface area contributed by atoms with Gasteiger partial charge >= 0.3 is 0 Å². The summed E-state index contributed by atoms with van der Waals surface area (Å²) in [5.41, 5.74) is 6.72. The van der Waals surface area contributed by atoms with Crippen molar-refractivity contribution in [2.75, 3.05) is 6.54 Å². The molecule has 2 nitrogen and oxygen atoms in total. The lowest BCUT2D eigenvalue weighted by atomic mass is 9.68. The van der Waals surface area contributed by atoms with Gasteiger partial charge < -0.3 is 11.1 Å². The lowest BCUT2D eigenvalue weighted by Gasteiger charge is -2.46. The van der Waals surface area contributed by atoms with Gasteiger partial charge in [-0.25, -0.2) is 0 Å². The SMILES string of the molecule is CC1(C)CCCC(CN)(NC2CC=CC2)C1. The van der Waals surface area contributed by atoms with Crippen LogP contribution in [0.25, 0.3) is 0 Å². The molecule has 1 unspecified atom stereocenters. The smallest absolute Gasteiger partial charge is 0.0311 e. The van der Waals surface area contributed by atoms with Crippen molar-refractivity contribution in [2.45, 2.75) is 64.0 Å². The minimum atomic E-state index is 0.207. The molecule has 16 heavy (non-hydrogen) atoms. The van der Waals surface area contributed by atoms with Crippen LogP contribution in [0.15, 0.2) is 12.2 Å². The highest BCUT2D eigenvalue weighted by molar-refractivity contribution is 5.04. The zero-order valence-electron chi connectivity index (χ0n) is 10.8. The first kappa shape index (κ1) is 12.1. The van der Waals surface area contributed by atoms with Crippen LogP contribution in [-0.2, 0) is 0 Å². The zero-order chi connectivity index (χ0) is 11.6. The molecule has 0 amide bonds. The Morgan fingerprint density at radius 1 is 1.25 bits per heavy atom. The van der Waals surface area contributed by atoms with Crippen LogP contribution < -0.4 is 11.1 Å². The molecule has 1 fully saturated rings. The first-order valence-corrected chi connectivity index (χ1v) is 6.68. The first-order chi connectivity index (χ1) is 7.55. The molecule has 92 valence electrons.